The minimum atomic E-state index is 0.730. The predicted octanol–water partition coefficient (Wildman–Crippen LogP) is 3.03. The second kappa shape index (κ2) is 4.70. The Balaban J connectivity index is 1.99. The van der Waals surface area contributed by atoms with Gasteiger partial charge in [0.2, 0.25) is 0 Å². The lowest BCUT2D eigenvalue weighted by Crippen LogP contribution is -2.19. The van der Waals surface area contributed by atoms with Gasteiger partial charge in [-0.2, -0.15) is 0 Å². The summed E-state index contributed by atoms with van der Waals surface area (Å²) in [6, 6.07) is 1.98. The zero-order chi connectivity index (χ0) is 13.4. The van der Waals surface area contributed by atoms with Crippen LogP contribution in [0, 0.1) is 6.92 Å². The fraction of sp³-hybridized carbons (Fsp3) is 0.231. The van der Waals surface area contributed by atoms with E-state index in [1.54, 1.807) is 12.5 Å². The van der Waals surface area contributed by atoms with Crippen LogP contribution < -0.4 is 4.90 Å². The number of furan rings is 1. The van der Waals surface area contributed by atoms with Crippen molar-refractivity contribution in [3.8, 4) is 0 Å². The fourth-order valence-corrected chi connectivity index (χ4v) is 2.44. The summed E-state index contributed by atoms with van der Waals surface area (Å²) in [5.41, 5.74) is 1.99. The van der Waals surface area contributed by atoms with Gasteiger partial charge in [0.25, 0.3) is 0 Å². The highest BCUT2D eigenvalue weighted by Crippen LogP contribution is 2.22. The number of aryl methyl sites for hydroxylation is 1. The first kappa shape index (κ1) is 12.2. The first-order chi connectivity index (χ1) is 9.15. The summed E-state index contributed by atoms with van der Waals surface area (Å²) in [6.07, 6.45) is 7.27. The van der Waals surface area contributed by atoms with Crippen molar-refractivity contribution in [3.63, 3.8) is 0 Å². The normalized spacial score (nSPS) is 11.1. The lowest BCUT2D eigenvalue weighted by molar-refractivity contribution is 0.529. The molecular formula is C13H13BrN4O. The third-order valence-electron chi connectivity index (χ3n) is 3.06. The highest BCUT2D eigenvalue weighted by Gasteiger charge is 2.13. The number of fused-ring (bicyclic) bond motifs is 1. The summed E-state index contributed by atoms with van der Waals surface area (Å²) in [7, 11) is 2.00. The third-order valence-corrected chi connectivity index (χ3v) is 3.44. The number of hydrogen-bond donors (Lipinski definition) is 0. The van der Waals surface area contributed by atoms with Crippen LogP contribution in [0.1, 0.15) is 11.3 Å². The van der Waals surface area contributed by atoms with Crippen LogP contribution in [0.4, 0.5) is 5.82 Å². The maximum atomic E-state index is 5.32. The van der Waals surface area contributed by atoms with E-state index in [2.05, 4.69) is 30.8 Å². The van der Waals surface area contributed by atoms with Crippen LogP contribution in [0.5, 0.6) is 0 Å². The minimum absolute atomic E-state index is 0.730. The van der Waals surface area contributed by atoms with Crippen LogP contribution >= 0.6 is 15.9 Å². The molecule has 0 bridgehead atoms. The second-order valence-corrected chi connectivity index (χ2v) is 5.22. The Morgan fingerprint density at radius 3 is 3.05 bits per heavy atom. The Bertz CT molecular complexity index is 718. The molecule has 98 valence electrons. The third kappa shape index (κ3) is 2.23. The standard InChI is InChI=1S/C13H13BrN4O/c1-9-10(3-6-19-9)7-17(2)13-12-15-4-5-18(12)8-11(14)16-13/h3-6,8H,7H2,1-2H3. The minimum Gasteiger partial charge on any atom is -0.469 e. The van der Waals surface area contributed by atoms with Gasteiger partial charge >= 0.3 is 0 Å². The zero-order valence-electron chi connectivity index (χ0n) is 10.7. The number of aromatic nitrogens is 3. The van der Waals surface area contributed by atoms with Gasteiger partial charge < -0.3 is 13.7 Å². The van der Waals surface area contributed by atoms with Gasteiger partial charge in [0, 0.05) is 37.7 Å². The summed E-state index contributed by atoms with van der Waals surface area (Å²) in [5.74, 6) is 1.76. The molecule has 0 fully saturated rings. The predicted molar refractivity (Wildman–Crippen MR) is 76.2 cm³/mol. The average Bonchev–Trinajstić information content (AvgIpc) is 2.98. The lowest BCUT2D eigenvalue weighted by atomic mass is 10.2. The Morgan fingerprint density at radius 1 is 1.47 bits per heavy atom. The van der Waals surface area contributed by atoms with E-state index in [0.717, 1.165) is 33.9 Å². The van der Waals surface area contributed by atoms with Crippen molar-refractivity contribution in [2.75, 3.05) is 11.9 Å². The maximum absolute atomic E-state index is 5.32. The molecule has 0 radical (unpaired) electrons. The molecule has 0 aliphatic carbocycles. The molecule has 3 aromatic rings. The molecule has 0 amide bonds. The molecule has 0 aromatic carbocycles. The Hall–Kier alpha value is -1.82. The smallest absolute Gasteiger partial charge is 0.180 e. The highest BCUT2D eigenvalue weighted by molar-refractivity contribution is 9.10. The quantitative estimate of drug-likeness (QED) is 0.744. The fourth-order valence-electron chi connectivity index (χ4n) is 2.05. The van der Waals surface area contributed by atoms with Gasteiger partial charge in [0.1, 0.15) is 10.4 Å². The van der Waals surface area contributed by atoms with Gasteiger partial charge in [-0.05, 0) is 28.9 Å². The Kier molecular flexibility index (Phi) is 3.02. The van der Waals surface area contributed by atoms with E-state index in [0.29, 0.717) is 0 Å². The molecule has 0 aliphatic rings. The Morgan fingerprint density at radius 2 is 2.32 bits per heavy atom. The van der Waals surface area contributed by atoms with E-state index < -0.39 is 0 Å². The highest BCUT2D eigenvalue weighted by atomic mass is 79.9. The van der Waals surface area contributed by atoms with Gasteiger partial charge in [0.15, 0.2) is 11.5 Å². The van der Waals surface area contributed by atoms with Crippen molar-refractivity contribution in [1.82, 2.24) is 14.4 Å². The van der Waals surface area contributed by atoms with Crippen molar-refractivity contribution in [1.29, 1.82) is 0 Å². The first-order valence-corrected chi connectivity index (χ1v) is 6.68. The lowest BCUT2D eigenvalue weighted by Gasteiger charge is -2.18. The van der Waals surface area contributed by atoms with Crippen molar-refractivity contribution >= 4 is 27.4 Å². The van der Waals surface area contributed by atoms with Crippen LogP contribution in [-0.4, -0.2) is 21.4 Å². The molecule has 0 atom stereocenters. The summed E-state index contributed by atoms with van der Waals surface area (Å²) < 4.78 is 8.05. The van der Waals surface area contributed by atoms with E-state index in [1.807, 2.05) is 36.8 Å². The molecule has 0 spiro atoms. The van der Waals surface area contributed by atoms with Crippen molar-refractivity contribution in [2.45, 2.75) is 13.5 Å². The van der Waals surface area contributed by atoms with Gasteiger partial charge in [-0.3, -0.25) is 0 Å². The molecular weight excluding hydrogens is 308 g/mol. The molecule has 5 nitrogen and oxygen atoms in total. The zero-order valence-corrected chi connectivity index (χ0v) is 12.3. The SMILES string of the molecule is Cc1occc1CN(C)c1nc(Br)cn2ccnc12. The van der Waals surface area contributed by atoms with Gasteiger partial charge in [0.05, 0.1) is 6.26 Å². The summed E-state index contributed by atoms with van der Waals surface area (Å²) in [5, 5.41) is 0. The Labute approximate surface area is 119 Å². The summed E-state index contributed by atoms with van der Waals surface area (Å²) in [4.78, 5) is 10.9. The topological polar surface area (TPSA) is 46.6 Å². The van der Waals surface area contributed by atoms with E-state index in [1.165, 1.54) is 0 Å². The number of halogens is 1. The molecule has 3 heterocycles. The van der Waals surface area contributed by atoms with Gasteiger partial charge in [-0.15, -0.1) is 0 Å². The monoisotopic (exact) mass is 320 g/mol. The summed E-state index contributed by atoms with van der Waals surface area (Å²) >= 11 is 3.42. The van der Waals surface area contributed by atoms with E-state index >= 15 is 0 Å². The number of rotatable bonds is 3. The van der Waals surface area contributed by atoms with E-state index in [4.69, 9.17) is 4.42 Å². The van der Waals surface area contributed by atoms with E-state index in [-0.39, 0.29) is 0 Å². The van der Waals surface area contributed by atoms with Crippen LogP contribution in [-0.2, 0) is 6.54 Å². The van der Waals surface area contributed by atoms with Crippen LogP contribution in [0.2, 0.25) is 0 Å². The number of hydrogen-bond acceptors (Lipinski definition) is 4. The first-order valence-electron chi connectivity index (χ1n) is 5.88. The van der Waals surface area contributed by atoms with Crippen LogP contribution in [0.3, 0.4) is 0 Å². The molecule has 3 rings (SSSR count). The van der Waals surface area contributed by atoms with Gasteiger partial charge in [-0.25, -0.2) is 9.97 Å². The number of nitrogens with zero attached hydrogens (tertiary/aromatic N) is 4. The number of anilines is 1. The average molecular weight is 321 g/mol. The molecule has 0 unspecified atom stereocenters. The molecule has 0 saturated carbocycles. The molecule has 6 heteroatoms. The maximum Gasteiger partial charge on any atom is 0.180 e. The van der Waals surface area contributed by atoms with E-state index in [9.17, 15) is 0 Å². The second-order valence-electron chi connectivity index (χ2n) is 4.40. The molecule has 3 aromatic heterocycles. The van der Waals surface area contributed by atoms with Crippen molar-refractivity contribution in [3.05, 3.63) is 46.8 Å². The molecule has 0 N–H and O–H groups in total. The van der Waals surface area contributed by atoms with Crippen LogP contribution in [0.25, 0.3) is 5.65 Å². The largest absolute Gasteiger partial charge is 0.469 e. The van der Waals surface area contributed by atoms with Crippen LogP contribution in [0.15, 0.2) is 39.9 Å². The number of imidazole rings is 1. The molecule has 0 aliphatic heterocycles. The summed E-state index contributed by atoms with van der Waals surface area (Å²) in [6.45, 7) is 2.69. The molecule has 0 saturated heterocycles. The molecule has 19 heavy (non-hydrogen) atoms. The van der Waals surface area contributed by atoms with Gasteiger partial charge in [-0.1, -0.05) is 0 Å². The van der Waals surface area contributed by atoms with Crippen molar-refractivity contribution in [2.24, 2.45) is 0 Å². The van der Waals surface area contributed by atoms with Crippen molar-refractivity contribution < 1.29 is 4.42 Å².